The Hall–Kier alpha value is -2.17. The first kappa shape index (κ1) is 19.2. The van der Waals surface area contributed by atoms with E-state index in [4.69, 9.17) is 0 Å². The Kier molecular flexibility index (Phi) is 5.79. The molecule has 5 nitrogen and oxygen atoms in total. The van der Waals surface area contributed by atoms with E-state index in [-0.39, 0.29) is 5.41 Å². The van der Waals surface area contributed by atoms with Gasteiger partial charge < -0.3 is 9.47 Å². The van der Waals surface area contributed by atoms with Crippen molar-refractivity contribution in [2.24, 2.45) is 5.41 Å². The van der Waals surface area contributed by atoms with Crippen molar-refractivity contribution in [3.63, 3.8) is 0 Å². The maximum atomic E-state index is 13.0. The zero-order valence-corrected chi connectivity index (χ0v) is 17.0. The molecule has 1 aliphatic carbocycles. The number of nitrogens with zero attached hydrogens (tertiary/aromatic N) is 4. The van der Waals surface area contributed by atoms with Gasteiger partial charge in [0, 0.05) is 32.0 Å². The highest BCUT2D eigenvalue weighted by molar-refractivity contribution is 5.76. The summed E-state index contributed by atoms with van der Waals surface area (Å²) in [5.41, 5.74) is 1.52. The molecule has 1 spiro atoms. The van der Waals surface area contributed by atoms with Gasteiger partial charge in [-0.1, -0.05) is 49.6 Å². The van der Waals surface area contributed by atoms with Crippen LogP contribution < -0.4 is 0 Å². The molecule has 2 heterocycles. The zero-order chi connectivity index (χ0) is 19.4. The molecule has 1 aromatic carbocycles. The van der Waals surface area contributed by atoms with Crippen LogP contribution in [0.5, 0.6) is 0 Å². The van der Waals surface area contributed by atoms with Crippen LogP contribution in [0.1, 0.15) is 69.2 Å². The number of rotatable bonds is 6. The number of carbonyl (C=O) groups excluding carboxylic acids is 1. The van der Waals surface area contributed by atoms with E-state index >= 15 is 0 Å². The zero-order valence-electron chi connectivity index (χ0n) is 17.0. The summed E-state index contributed by atoms with van der Waals surface area (Å²) >= 11 is 0. The molecule has 0 radical (unpaired) electrons. The predicted molar refractivity (Wildman–Crippen MR) is 110 cm³/mol. The lowest BCUT2D eigenvalue weighted by Gasteiger charge is -2.37. The average molecular weight is 381 g/mol. The lowest BCUT2D eigenvalue weighted by molar-refractivity contribution is -0.130. The van der Waals surface area contributed by atoms with E-state index in [2.05, 4.69) is 50.9 Å². The highest BCUT2D eigenvalue weighted by atomic mass is 16.2. The fourth-order valence-corrected chi connectivity index (χ4v) is 5.30. The lowest BCUT2D eigenvalue weighted by atomic mass is 9.67. The Balaban J connectivity index is 1.44. The van der Waals surface area contributed by atoms with Crippen molar-refractivity contribution in [2.75, 3.05) is 13.1 Å². The highest BCUT2D eigenvalue weighted by Crippen LogP contribution is 2.51. The van der Waals surface area contributed by atoms with E-state index in [0.29, 0.717) is 18.2 Å². The molecule has 2 fully saturated rings. The molecule has 1 saturated heterocycles. The monoisotopic (exact) mass is 380 g/mol. The van der Waals surface area contributed by atoms with Crippen LogP contribution in [0.3, 0.4) is 0 Å². The van der Waals surface area contributed by atoms with Crippen LogP contribution in [0.4, 0.5) is 0 Å². The second-order valence-corrected chi connectivity index (χ2v) is 8.56. The third kappa shape index (κ3) is 3.85. The lowest BCUT2D eigenvalue weighted by Crippen LogP contribution is -2.34. The van der Waals surface area contributed by atoms with Crippen LogP contribution in [-0.2, 0) is 17.8 Å². The molecule has 1 aromatic heterocycles. The van der Waals surface area contributed by atoms with Gasteiger partial charge in [-0.25, -0.2) is 0 Å². The van der Waals surface area contributed by atoms with Gasteiger partial charge in [0.05, 0.1) is 0 Å². The predicted octanol–water partition coefficient (Wildman–Crippen LogP) is 4.20. The Morgan fingerprint density at radius 1 is 1.18 bits per heavy atom. The molecule has 28 heavy (non-hydrogen) atoms. The molecule has 1 atom stereocenters. The quantitative estimate of drug-likeness (QED) is 0.755. The van der Waals surface area contributed by atoms with Gasteiger partial charge in [-0.3, -0.25) is 4.79 Å². The number of hydrogen-bond acceptors (Lipinski definition) is 3. The van der Waals surface area contributed by atoms with Gasteiger partial charge in [0.2, 0.25) is 5.91 Å². The second-order valence-electron chi connectivity index (χ2n) is 8.56. The largest absolute Gasteiger partial charge is 0.341 e. The summed E-state index contributed by atoms with van der Waals surface area (Å²) in [7, 11) is 0. The molecule has 150 valence electrons. The summed E-state index contributed by atoms with van der Waals surface area (Å²) in [4.78, 5) is 15.1. The number of hydrogen-bond donors (Lipinski definition) is 0. The minimum atomic E-state index is 0.202. The third-order valence-electron chi connectivity index (χ3n) is 6.85. The first-order valence-corrected chi connectivity index (χ1v) is 10.9. The minimum Gasteiger partial charge on any atom is -0.341 e. The SMILES string of the molecule is CCn1cnnc1C1CN(C(=O)CCCc2ccccc2)CC12CCCCC2. The number of aryl methyl sites for hydroxylation is 2. The van der Waals surface area contributed by atoms with Crippen LogP contribution in [0.15, 0.2) is 36.7 Å². The fourth-order valence-electron chi connectivity index (χ4n) is 5.30. The van der Waals surface area contributed by atoms with Gasteiger partial charge in [0.15, 0.2) is 0 Å². The summed E-state index contributed by atoms with van der Waals surface area (Å²) in [6.07, 6.45) is 10.7. The van der Waals surface area contributed by atoms with Crippen LogP contribution in [-0.4, -0.2) is 38.7 Å². The molecule has 1 amide bonds. The Morgan fingerprint density at radius 2 is 1.96 bits per heavy atom. The molecule has 4 rings (SSSR count). The molecular weight excluding hydrogens is 348 g/mol. The van der Waals surface area contributed by atoms with Gasteiger partial charge in [0.25, 0.3) is 0 Å². The van der Waals surface area contributed by atoms with Crippen molar-refractivity contribution in [1.82, 2.24) is 19.7 Å². The number of carbonyl (C=O) groups is 1. The van der Waals surface area contributed by atoms with E-state index in [1.54, 1.807) is 0 Å². The first-order valence-electron chi connectivity index (χ1n) is 10.9. The molecule has 5 heteroatoms. The molecule has 0 N–H and O–H groups in total. The maximum absolute atomic E-state index is 13.0. The number of amides is 1. The van der Waals surface area contributed by atoms with E-state index in [1.807, 2.05) is 12.4 Å². The summed E-state index contributed by atoms with van der Waals surface area (Å²) in [6, 6.07) is 10.5. The number of aromatic nitrogens is 3. The van der Waals surface area contributed by atoms with Crippen molar-refractivity contribution in [2.45, 2.75) is 70.8 Å². The van der Waals surface area contributed by atoms with E-state index in [0.717, 1.165) is 38.3 Å². The highest BCUT2D eigenvalue weighted by Gasteiger charge is 2.50. The van der Waals surface area contributed by atoms with Gasteiger partial charge in [0.1, 0.15) is 12.2 Å². The summed E-state index contributed by atoms with van der Waals surface area (Å²) in [5, 5.41) is 8.67. The van der Waals surface area contributed by atoms with Crippen LogP contribution >= 0.6 is 0 Å². The fraction of sp³-hybridized carbons (Fsp3) is 0.609. The Bertz CT molecular complexity index is 779. The van der Waals surface area contributed by atoms with Gasteiger partial charge in [-0.2, -0.15) is 0 Å². The Labute approximate surface area is 168 Å². The smallest absolute Gasteiger partial charge is 0.222 e. The number of benzene rings is 1. The van der Waals surface area contributed by atoms with E-state index in [9.17, 15) is 4.79 Å². The topological polar surface area (TPSA) is 51.0 Å². The average Bonchev–Trinajstić information content (AvgIpc) is 3.34. The standard InChI is InChI=1S/C23H32N4O/c1-2-26-18-24-25-22(26)20-16-27(17-23(20)14-7-4-8-15-23)21(28)13-9-12-19-10-5-3-6-11-19/h3,5-6,10-11,18,20H,2,4,7-9,12-17H2,1H3. The van der Waals surface area contributed by atoms with Gasteiger partial charge in [-0.15, -0.1) is 10.2 Å². The molecule has 2 aromatic rings. The molecule has 1 saturated carbocycles. The summed E-state index contributed by atoms with van der Waals surface area (Å²) in [6.45, 7) is 4.74. The van der Waals surface area contributed by atoms with Crippen LogP contribution in [0.2, 0.25) is 0 Å². The first-order chi connectivity index (χ1) is 13.7. The number of likely N-dealkylation sites (tertiary alicyclic amines) is 1. The third-order valence-corrected chi connectivity index (χ3v) is 6.85. The van der Waals surface area contributed by atoms with Crippen LogP contribution in [0.25, 0.3) is 0 Å². The van der Waals surface area contributed by atoms with Crippen molar-refractivity contribution < 1.29 is 4.79 Å². The normalized spacial score (nSPS) is 21.3. The minimum absolute atomic E-state index is 0.202. The molecule has 0 bridgehead atoms. The van der Waals surface area contributed by atoms with Crippen molar-refractivity contribution in [1.29, 1.82) is 0 Å². The molecule has 1 aliphatic heterocycles. The summed E-state index contributed by atoms with van der Waals surface area (Å²) < 4.78 is 2.17. The van der Waals surface area contributed by atoms with Gasteiger partial charge in [-0.05, 0) is 43.6 Å². The molecular formula is C23H32N4O. The Morgan fingerprint density at radius 3 is 2.71 bits per heavy atom. The summed E-state index contributed by atoms with van der Waals surface area (Å²) in [5.74, 6) is 1.73. The van der Waals surface area contributed by atoms with E-state index in [1.165, 1.54) is 37.7 Å². The van der Waals surface area contributed by atoms with Crippen molar-refractivity contribution in [3.8, 4) is 0 Å². The maximum Gasteiger partial charge on any atom is 0.222 e. The molecule has 1 unspecified atom stereocenters. The molecule has 2 aliphatic rings. The van der Waals surface area contributed by atoms with Crippen LogP contribution in [0, 0.1) is 5.41 Å². The second kappa shape index (κ2) is 8.46. The van der Waals surface area contributed by atoms with Crippen molar-refractivity contribution in [3.05, 3.63) is 48.0 Å². The van der Waals surface area contributed by atoms with Gasteiger partial charge >= 0.3 is 0 Å². The van der Waals surface area contributed by atoms with E-state index < -0.39 is 0 Å². The van der Waals surface area contributed by atoms with Crippen molar-refractivity contribution >= 4 is 5.91 Å².